The molecule has 0 spiro atoms. The Labute approximate surface area is 162 Å². The number of hydrogen-bond acceptors (Lipinski definition) is 6. The molecule has 1 N–H and O–H groups in total. The van der Waals surface area contributed by atoms with Crippen LogP contribution < -0.4 is 14.8 Å². The number of nitrogens with one attached hydrogen (secondary N) is 1. The van der Waals surface area contributed by atoms with E-state index in [4.69, 9.17) is 9.47 Å². The SMILES string of the molecule is CCCOc1ccc(CCOc2ccc(C=C3SC(=O)NC3=O)cc2)nc1. The highest BCUT2D eigenvalue weighted by Gasteiger charge is 2.24. The van der Waals surface area contributed by atoms with Crippen LogP contribution in [-0.4, -0.2) is 29.3 Å². The lowest BCUT2D eigenvalue weighted by Gasteiger charge is -2.07. The van der Waals surface area contributed by atoms with Crippen LogP contribution in [-0.2, 0) is 11.2 Å². The van der Waals surface area contributed by atoms with E-state index in [0.717, 1.165) is 40.9 Å². The average Bonchev–Trinajstić information content (AvgIpc) is 2.99. The van der Waals surface area contributed by atoms with Crippen molar-refractivity contribution in [2.24, 2.45) is 0 Å². The number of carbonyl (C=O) groups excluding carboxylic acids is 2. The summed E-state index contributed by atoms with van der Waals surface area (Å²) in [5.74, 6) is 1.16. The van der Waals surface area contributed by atoms with Gasteiger partial charge in [-0.05, 0) is 54.1 Å². The van der Waals surface area contributed by atoms with Crippen molar-refractivity contribution in [3.8, 4) is 11.5 Å². The van der Waals surface area contributed by atoms with E-state index < -0.39 is 0 Å². The van der Waals surface area contributed by atoms with E-state index in [2.05, 4.69) is 17.2 Å². The molecule has 1 saturated heterocycles. The van der Waals surface area contributed by atoms with Crippen LogP contribution in [0.15, 0.2) is 47.5 Å². The molecular formula is C20H20N2O4S. The summed E-state index contributed by atoms with van der Waals surface area (Å²) in [6, 6.07) is 11.2. The van der Waals surface area contributed by atoms with Crippen LogP contribution in [0, 0.1) is 0 Å². The van der Waals surface area contributed by atoms with Crippen LogP contribution in [0.4, 0.5) is 4.79 Å². The van der Waals surface area contributed by atoms with E-state index in [0.29, 0.717) is 24.5 Å². The standard InChI is InChI=1S/C20H20N2O4S/c1-2-10-25-17-8-5-15(21-13-17)9-11-26-16-6-3-14(4-7-16)12-18-19(23)22-20(24)27-18/h3-8,12-13H,2,9-11H2,1H3,(H,22,23,24). The van der Waals surface area contributed by atoms with Gasteiger partial charge in [0.1, 0.15) is 11.5 Å². The first kappa shape index (κ1) is 19.0. The van der Waals surface area contributed by atoms with Gasteiger partial charge in [0.25, 0.3) is 11.1 Å². The molecule has 0 radical (unpaired) electrons. The van der Waals surface area contributed by atoms with Gasteiger partial charge in [0.2, 0.25) is 0 Å². The summed E-state index contributed by atoms with van der Waals surface area (Å²) >= 11 is 0.904. The first-order chi connectivity index (χ1) is 13.1. The van der Waals surface area contributed by atoms with E-state index in [1.807, 2.05) is 36.4 Å². The molecule has 1 aromatic carbocycles. The number of hydrogen-bond donors (Lipinski definition) is 1. The highest BCUT2D eigenvalue weighted by molar-refractivity contribution is 8.18. The molecule has 27 heavy (non-hydrogen) atoms. The third-order valence-corrected chi connectivity index (χ3v) is 4.53. The predicted molar refractivity (Wildman–Crippen MR) is 105 cm³/mol. The van der Waals surface area contributed by atoms with Gasteiger partial charge < -0.3 is 9.47 Å². The minimum absolute atomic E-state index is 0.343. The average molecular weight is 384 g/mol. The van der Waals surface area contributed by atoms with Gasteiger partial charge in [0.05, 0.1) is 24.3 Å². The van der Waals surface area contributed by atoms with Crippen molar-refractivity contribution in [2.75, 3.05) is 13.2 Å². The molecule has 0 saturated carbocycles. The van der Waals surface area contributed by atoms with Crippen LogP contribution in [0.1, 0.15) is 24.6 Å². The van der Waals surface area contributed by atoms with E-state index in [9.17, 15) is 9.59 Å². The van der Waals surface area contributed by atoms with Crippen molar-refractivity contribution < 1.29 is 19.1 Å². The zero-order chi connectivity index (χ0) is 19.1. The van der Waals surface area contributed by atoms with E-state index in [1.54, 1.807) is 12.3 Å². The molecule has 1 aromatic heterocycles. The maximum Gasteiger partial charge on any atom is 0.290 e. The Bertz CT molecular complexity index is 832. The van der Waals surface area contributed by atoms with E-state index in [-0.39, 0.29) is 11.1 Å². The van der Waals surface area contributed by atoms with Crippen LogP contribution in [0.3, 0.4) is 0 Å². The number of nitrogens with zero attached hydrogens (tertiary/aromatic N) is 1. The molecule has 3 rings (SSSR count). The molecule has 0 atom stereocenters. The molecule has 1 aliphatic heterocycles. The number of pyridine rings is 1. The van der Waals surface area contributed by atoms with Gasteiger partial charge in [-0.15, -0.1) is 0 Å². The predicted octanol–water partition coefficient (Wildman–Crippen LogP) is 3.82. The fraction of sp³-hybridized carbons (Fsp3) is 0.250. The van der Waals surface area contributed by atoms with Gasteiger partial charge in [-0.25, -0.2) is 0 Å². The first-order valence-electron chi connectivity index (χ1n) is 8.69. The van der Waals surface area contributed by atoms with Crippen LogP contribution >= 0.6 is 11.8 Å². The molecule has 0 unspecified atom stereocenters. The fourth-order valence-corrected chi connectivity index (χ4v) is 3.05. The third kappa shape index (κ3) is 5.59. The Morgan fingerprint density at radius 2 is 1.78 bits per heavy atom. The number of thioether (sulfide) groups is 1. The summed E-state index contributed by atoms with van der Waals surface area (Å²) in [4.78, 5) is 27.5. The van der Waals surface area contributed by atoms with Gasteiger partial charge in [-0.1, -0.05) is 19.1 Å². The van der Waals surface area contributed by atoms with Crippen LogP contribution in [0.5, 0.6) is 11.5 Å². The number of ether oxygens (including phenoxy) is 2. The monoisotopic (exact) mass is 384 g/mol. The number of benzene rings is 1. The van der Waals surface area contributed by atoms with Gasteiger partial charge in [-0.3, -0.25) is 19.9 Å². The zero-order valence-corrected chi connectivity index (χ0v) is 15.8. The van der Waals surface area contributed by atoms with Crippen molar-refractivity contribution >= 4 is 29.0 Å². The number of rotatable bonds is 8. The smallest absolute Gasteiger partial charge is 0.290 e. The minimum Gasteiger partial charge on any atom is -0.493 e. The molecule has 7 heteroatoms. The Morgan fingerprint density at radius 1 is 1.04 bits per heavy atom. The Balaban J connectivity index is 1.48. The van der Waals surface area contributed by atoms with Crippen molar-refractivity contribution in [1.82, 2.24) is 10.3 Å². The largest absolute Gasteiger partial charge is 0.493 e. The minimum atomic E-state index is -0.357. The van der Waals surface area contributed by atoms with E-state index >= 15 is 0 Å². The molecule has 1 fully saturated rings. The van der Waals surface area contributed by atoms with Crippen molar-refractivity contribution in [2.45, 2.75) is 19.8 Å². The Kier molecular flexibility index (Phi) is 6.49. The highest BCUT2D eigenvalue weighted by Crippen LogP contribution is 2.26. The quantitative estimate of drug-likeness (QED) is 0.697. The first-order valence-corrected chi connectivity index (χ1v) is 9.51. The van der Waals surface area contributed by atoms with Crippen molar-refractivity contribution in [3.63, 3.8) is 0 Å². The summed E-state index contributed by atoms with van der Waals surface area (Å²) < 4.78 is 11.2. The Hall–Kier alpha value is -2.80. The van der Waals surface area contributed by atoms with Crippen molar-refractivity contribution in [1.29, 1.82) is 0 Å². The lowest BCUT2D eigenvalue weighted by molar-refractivity contribution is -0.115. The van der Waals surface area contributed by atoms with Gasteiger partial charge in [0, 0.05) is 12.1 Å². The van der Waals surface area contributed by atoms with Crippen LogP contribution in [0.2, 0.25) is 0 Å². The molecule has 140 valence electrons. The second-order valence-electron chi connectivity index (χ2n) is 5.85. The summed E-state index contributed by atoms with van der Waals surface area (Å²) in [5.41, 5.74) is 1.77. The van der Waals surface area contributed by atoms with Gasteiger partial charge in [-0.2, -0.15) is 0 Å². The molecule has 2 heterocycles. The third-order valence-electron chi connectivity index (χ3n) is 3.72. The molecule has 6 nitrogen and oxygen atoms in total. The molecule has 2 amide bonds. The second-order valence-corrected chi connectivity index (χ2v) is 6.87. The number of carbonyl (C=O) groups is 2. The molecular weight excluding hydrogens is 364 g/mol. The molecule has 2 aromatic rings. The number of amides is 2. The zero-order valence-electron chi connectivity index (χ0n) is 14.9. The molecule has 0 bridgehead atoms. The van der Waals surface area contributed by atoms with E-state index in [1.165, 1.54) is 0 Å². The normalized spacial score (nSPS) is 15.1. The van der Waals surface area contributed by atoms with Crippen LogP contribution in [0.25, 0.3) is 6.08 Å². The number of aromatic nitrogens is 1. The lowest BCUT2D eigenvalue weighted by atomic mass is 10.2. The molecule has 0 aliphatic carbocycles. The van der Waals surface area contributed by atoms with Gasteiger partial charge in [0.15, 0.2) is 0 Å². The van der Waals surface area contributed by atoms with Gasteiger partial charge >= 0.3 is 0 Å². The summed E-state index contributed by atoms with van der Waals surface area (Å²) in [5, 5.41) is 1.89. The second kappa shape index (κ2) is 9.23. The maximum atomic E-state index is 11.5. The Morgan fingerprint density at radius 3 is 2.41 bits per heavy atom. The van der Waals surface area contributed by atoms with Crippen molar-refractivity contribution in [3.05, 3.63) is 58.8 Å². The fourth-order valence-electron chi connectivity index (χ4n) is 2.37. The summed E-state index contributed by atoms with van der Waals surface area (Å²) in [6.45, 7) is 3.26. The molecule has 1 aliphatic rings. The lowest BCUT2D eigenvalue weighted by Crippen LogP contribution is -2.17. The summed E-state index contributed by atoms with van der Waals surface area (Å²) in [7, 11) is 0. The maximum absolute atomic E-state index is 11.5. The number of imide groups is 1. The topological polar surface area (TPSA) is 77.5 Å². The highest BCUT2D eigenvalue weighted by atomic mass is 32.2. The summed E-state index contributed by atoms with van der Waals surface area (Å²) in [6.07, 6.45) is 5.07.